The molecule has 7 nitrogen and oxygen atoms in total. The van der Waals surface area contributed by atoms with Crippen molar-refractivity contribution in [2.24, 2.45) is 0 Å². The summed E-state index contributed by atoms with van der Waals surface area (Å²) >= 11 is 0. The molecule has 7 heteroatoms. The van der Waals surface area contributed by atoms with Crippen LogP contribution in [0, 0.1) is 0 Å². The van der Waals surface area contributed by atoms with Gasteiger partial charge < -0.3 is 10.0 Å². The van der Waals surface area contributed by atoms with Crippen molar-refractivity contribution in [1.29, 1.82) is 0 Å². The number of carbonyl (C=O) groups is 4. The van der Waals surface area contributed by atoms with Crippen molar-refractivity contribution in [2.45, 2.75) is 44.7 Å². The van der Waals surface area contributed by atoms with Crippen LogP contribution in [0.3, 0.4) is 0 Å². The highest BCUT2D eigenvalue weighted by molar-refractivity contribution is 6.02. The Kier molecular flexibility index (Phi) is 4.83. The summed E-state index contributed by atoms with van der Waals surface area (Å²) in [6.45, 7) is 0.641. The van der Waals surface area contributed by atoms with Gasteiger partial charge in [-0.15, -0.1) is 0 Å². The molecule has 0 saturated carbocycles. The number of carbonyl (C=O) groups excluding carboxylic acids is 3. The Morgan fingerprint density at radius 2 is 1.68 bits per heavy atom. The molecule has 2 heterocycles. The second kappa shape index (κ2) is 7.04. The Morgan fingerprint density at radius 1 is 1.04 bits per heavy atom. The normalized spacial score (nSPS) is 20.9. The predicted molar refractivity (Wildman–Crippen MR) is 87.5 cm³/mol. The Hall–Kier alpha value is -2.70. The Morgan fingerprint density at radius 3 is 2.28 bits per heavy atom. The highest BCUT2D eigenvalue weighted by Gasteiger charge is 2.32. The van der Waals surface area contributed by atoms with Gasteiger partial charge in [0.1, 0.15) is 6.04 Å². The van der Waals surface area contributed by atoms with Crippen LogP contribution in [0.4, 0.5) is 0 Å². The highest BCUT2D eigenvalue weighted by Crippen LogP contribution is 2.21. The molecular formula is C18H20N2O5. The smallest absolute Gasteiger partial charge is 0.326 e. The van der Waals surface area contributed by atoms with E-state index in [9.17, 15) is 24.3 Å². The molecule has 2 saturated heterocycles. The third kappa shape index (κ3) is 3.55. The molecule has 0 bridgehead atoms. The van der Waals surface area contributed by atoms with Crippen LogP contribution in [0.5, 0.6) is 0 Å². The van der Waals surface area contributed by atoms with Crippen LogP contribution in [-0.4, -0.2) is 51.2 Å². The quantitative estimate of drug-likeness (QED) is 0.834. The molecule has 1 N–H and O–H groups in total. The summed E-state index contributed by atoms with van der Waals surface area (Å²) in [5.41, 5.74) is 1.17. The molecule has 2 aliphatic heterocycles. The fourth-order valence-electron chi connectivity index (χ4n) is 3.33. The molecule has 3 amide bonds. The van der Waals surface area contributed by atoms with E-state index < -0.39 is 12.0 Å². The molecule has 3 rings (SSSR count). The maximum absolute atomic E-state index is 12.6. The number of rotatable bonds is 4. The maximum Gasteiger partial charge on any atom is 0.326 e. The number of hydrogen-bond acceptors (Lipinski definition) is 4. The number of carboxylic acid groups (broad SMARTS) is 1. The molecule has 1 aromatic rings. The van der Waals surface area contributed by atoms with Gasteiger partial charge in [0, 0.05) is 24.9 Å². The summed E-state index contributed by atoms with van der Waals surface area (Å²) in [4.78, 5) is 49.9. The number of benzene rings is 1. The van der Waals surface area contributed by atoms with Crippen molar-refractivity contribution in [2.75, 3.05) is 6.54 Å². The number of carboxylic acids is 1. The van der Waals surface area contributed by atoms with E-state index in [0.29, 0.717) is 18.5 Å². The number of imide groups is 1. The minimum absolute atomic E-state index is 0.178. The minimum atomic E-state index is -0.976. The Bertz CT molecular complexity index is 697. The molecule has 0 aliphatic carbocycles. The average molecular weight is 344 g/mol. The van der Waals surface area contributed by atoms with Crippen LogP contribution in [0.1, 0.15) is 48.0 Å². The van der Waals surface area contributed by atoms with Crippen molar-refractivity contribution in [3.8, 4) is 0 Å². The molecule has 1 atom stereocenters. The molecule has 0 aromatic heterocycles. The van der Waals surface area contributed by atoms with E-state index >= 15 is 0 Å². The Balaban J connectivity index is 1.71. The van der Waals surface area contributed by atoms with Crippen LogP contribution in [0.25, 0.3) is 0 Å². The van der Waals surface area contributed by atoms with Gasteiger partial charge in [0.15, 0.2) is 0 Å². The number of likely N-dealkylation sites (tertiary alicyclic amines) is 2. The summed E-state index contributed by atoms with van der Waals surface area (Å²) in [6.07, 6.45) is 2.57. The van der Waals surface area contributed by atoms with E-state index in [1.54, 1.807) is 24.3 Å². The van der Waals surface area contributed by atoms with E-state index in [-0.39, 0.29) is 37.1 Å². The summed E-state index contributed by atoms with van der Waals surface area (Å²) in [7, 11) is 0. The third-order valence-electron chi connectivity index (χ3n) is 4.75. The van der Waals surface area contributed by atoms with Gasteiger partial charge in [-0.25, -0.2) is 4.79 Å². The van der Waals surface area contributed by atoms with E-state index in [1.807, 2.05) is 0 Å². The van der Waals surface area contributed by atoms with Gasteiger partial charge in [0.05, 0.1) is 6.54 Å². The molecule has 1 aromatic carbocycles. The molecule has 0 radical (unpaired) electrons. The first kappa shape index (κ1) is 17.1. The van der Waals surface area contributed by atoms with E-state index in [4.69, 9.17) is 0 Å². The van der Waals surface area contributed by atoms with E-state index in [2.05, 4.69) is 0 Å². The highest BCUT2D eigenvalue weighted by atomic mass is 16.4. The lowest BCUT2D eigenvalue weighted by Gasteiger charge is -2.33. The maximum atomic E-state index is 12.6. The van der Waals surface area contributed by atoms with Gasteiger partial charge in [-0.05, 0) is 37.0 Å². The topological polar surface area (TPSA) is 95.0 Å². The summed E-state index contributed by atoms with van der Waals surface area (Å²) in [5.74, 6) is -1.63. The van der Waals surface area contributed by atoms with Crippen molar-refractivity contribution < 1.29 is 24.3 Å². The predicted octanol–water partition coefficient (Wildman–Crippen LogP) is 1.41. The lowest BCUT2D eigenvalue weighted by Crippen LogP contribution is -2.47. The monoisotopic (exact) mass is 344 g/mol. The van der Waals surface area contributed by atoms with Crippen LogP contribution in [0.15, 0.2) is 24.3 Å². The van der Waals surface area contributed by atoms with Crippen LogP contribution < -0.4 is 0 Å². The van der Waals surface area contributed by atoms with Gasteiger partial charge in [-0.2, -0.15) is 0 Å². The zero-order valence-corrected chi connectivity index (χ0v) is 13.8. The van der Waals surface area contributed by atoms with Crippen LogP contribution in [-0.2, 0) is 20.9 Å². The first-order chi connectivity index (χ1) is 12.0. The lowest BCUT2D eigenvalue weighted by molar-refractivity contribution is -0.143. The number of amides is 3. The van der Waals surface area contributed by atoms with Crippen LogP contribution >= 0.6 is 0 Å². The molecular weight excluding hydrogens is 324 g/mol. The van der Waals surface area contributed by atoms with Crippen molar-refractivity contribution in [3.05, 3.63) is 35.4 Å². The zero-order chi connectivity index (χ0) is 18.0. The van der Waals surface area contributed by atoms with Gasteiger partial charge in [0.25, 0.3) is 5.91 Å². The van der Waals surface area contributed by atoms with Gasteiger partial charge in [-0.1, -0.05) is 12.1 Å². The molecule has 132 valence electrons. The minimum Gasteiger partial charge on any atom is -0.480 e. The lowest BCUT2D eigenvalue weighted by atomic mass is 10.0. The van der Waals surface area contributed by atoms with Crippen molar-refractivity contribution in [1.82, 2.24) is 9.80 Å². The zero-order valence-electron chi connectivity index (χ0n) is 13.8. The summed E-state index contributed by atoms with van der Waals surface area (Å²) in [6, 6.07) is 5.87. The Labute approximate surface area is 145 Å². The van der Waals surface area contributed by atoms with Gasteiger partial charge in [-0.3, -0.25) is 19.3 Å². The number of hydrogen-bond donors (Lipinski definition) is 1. The first-order valence-electron chi connectivity index (χ1n) is 8.43. The third-order valence-corrected chi connectivity index (χ3v) is 4.75. The molecule has 0 spiro atoms. The average Bonchev–Trinajstić information content (AvgIpc) is 2.93. The largest absolute Gasteiger partial charge is 0.480 e. The van der Waals surface area contributed by atoms with Crippen LogP contribution in [0.2, 0.25) is 0 Å². The van der Waals surface area contributed by atoms with Crippen molar-refractivity contribution >= 4 is 23.7 Å². The second-order valence-corrected chi connectivity index (χ2v) is 6.42. The van der Waals surface area contributed by atoms with E-state index in [1.165, 1.54) is 9.80 Å². The van der Waals surface area contributed by atoms with Gasteiger partial charge in [0.2, 0.25) is 11.8 Å². The number of nitrogens with zero attached hydrogens (tertiary/aromatic N) is 2. The number of aliphatic carboxylic acids is 1. The molecule has 1 unspecified atom stereocenters. The van der Waals surface area contributed by atoms with Gasteiger partial charge >= 0.3 is 5.97 Å². The molecule has 2 fully saturated rings. The fourth-order valence-corrected chi connectivity index (χ4v) is 3.33. The summed E-state index contributed by atoms with van der Waals surface area (Å²) < 4.78 is 0. The fraction of sp³-hybridized carbons (Fsp3) is 0.444. The van der Waals surface area contributed by atoms with E-state index in [0.717, 1.165) is 18.4 Å². The molecule has 2 aliphatic rings. The molecule has 25 heavy (non-hydrogen) atoms. The SMILES string of the molecule is O=C(O)C1CCCCN1C(=O)c1ccc(CN2C(=O)CCC2=O)cc1. The number of piperidine rings is 1. The standard InChI is InChI=1S/C18H20N2O5/c21-15-8-9-16(22)20(15)11-12-4-6-13(7-5-12)17(23)19-10-2-1-3-14(19)18(24)25/h4-7,14H,1-3,8-11H2,(H,24,25). The second-order valence-electron chi connectivity index (χ2n) is 6.42. The summed E-state index contributed by atoms with van der Waals surface area (Å²) in [5, 5.41) is 9.29. The van der Waals surface area contributed by atoms with Crippen molar-refractivity contribution in [3.63, 3.8) is 0 Å². The first-order valence-corrected chi connectivity index (χ1v) is 8.43.